The molecule has 0 aliphatic carbocycles. The Labute approximate surface area is 343 Å². The summed E-state index contributed by atoms with van der Waals surface area (Å²) < 4.78 is 11.7. The number of furan rings is 1. The van der Waals surface area contributed by atoms with E-state index in [1.165, 1.54) is 21.5 Å². The van der Waals surface area contributed by atoms with Crippen molar-refractivity contribution < 1.29 is 4.42 Å². The van der Waals surface area contributed by atoms with Crippen LogP contribution < -0.4 is 4.90 Å². The fraction of sp³-hybridized carbons (Fsp3) is 0. The molecule has 0 saturated carbocycles. The molecule has 280 valence electrons. The lowest BCUT2D eigenvalue weighted by Crippen LogP contribution is -2.11. The molecule has 13 rings (SSSR count). The second-order valence-corrected chi connectivity index (χ2v) is 15.4. The molecule has 0 saturated heterocycles. The van der Waals surface area contributed by atoms with E-state index in [0.29, 0.717) is 0 Å². The van der Waals surface area contributed by atoms with Gasteiger partial charge in [0.2, 0.25) is 0 Å². The molecule has 0 fully saturated rings. The Bertz CT molecular complexity index is 3690. The van der Waals surface area contributed by atoms with Crippen LogP contribution >= 0.6 is 0 Å². The lowest BCUT2D eigenvalue weighted by molar-refractivity contribution is 0.669. The zero-order valence-corrected chi connectivity index (χ0v) is 32.2. The number of nitrogens with zero attached hydrogens (tertiary/aromatic N) is 5. The van der Waals surface area contributed by atoms with Crippen LogP contribution in [-0.2, 0) is 0 Å². The second-order valence-electron chi connectivity index (χ2n) is 15.4. The van der Waals surface area contributed by atoms with E-state index in [0.717, 1.165) is 94.2 Å². The van der Waals surface area contributed by atoms with Crippen LogP contribution in [0, 0.1) is 0 Å². The van der Waals surface area contributed by atoms with E-state index < -0.39 is 0 Å². The third-order valence-electron chi connectivity index (χ3n) is 12.2. The lowest BCUT2D eigenvalue weighted by atomic mass is 9.98. The quantitative estimate of drug-likeness (QED) is 0.175. The van der Waals surface area contributed by atoms with Gasteiger partial charge in [-0.25, -0.2) is 9.97 Å². The molecule has 6 nitrogen and oxygen atoms in total. The summed E-state index contributed by atoms with van der Waals surface area (Å²) in [6.07, 6.45) is 3.72. The van der Waals surface area contributed by atoms with Gasteiger partial charge in [0.1, 0.15) is 17.2 Å². The first-order chi connectivity index (χ1) is 29.8. The highest BCUT2D eigenvalue weighted by molar-refractivity contribution is 6.29. The fourth-order valence-electron chi connectivity index (χ4n) is 9.62. The van der Waals surface area contributed by atoms with Crippen LogP contribution in [0.25, 0.3) is 98.7 Å². The van der Waals surface area contributed by atoms with E-state index in [-0.39, 0.29) is 0 Å². The van der Waals surface area contributed by atoms with Gasteiger partial charge < -0.3 is 9.32 Å². The Hall–Kier alpha value is -8.22. The molecule has 6 heteroatoms. The first-order valence-corrected chi connectivity index (χ1v) is 20.2. The summed E-state index contributed by atoms with van der Waals surface area (Å²) in [7, 11) is 0. The van der Waals surface area contributed by atoms with Crippen molar-refractivity contribution in [3.05, 3.63) is 200 Å². The van der Waals surface area contributed by atoms with Gasteiger partial charge in [-0.05, 0) is 94.3 Å². The Morgan fingerprint density at radius 2 is 0.883 bits per heavy atom. The van der Waals surface area contributed by atoms with Gasteiger partial charge in [-0.1, -0.05) is 115 Å². The number of pyridine rings is 2. The van der Waals surface area contributed by atoms with Gasteiger partial charge >= 0.3 is 0 Å². The average molecular weight is 768 g/mol. The third-order valence-corrected chi connectivity index (χ3v) is 12.2. The highest BCUT2D eigenvalue weighted by Crippen LogP contribution is 2.48. The van der Waals surface area contributed by atoms with Gasteiger partial charge in [0.15, 0.2) is 5.58 Å². The maximum absolute atomic E-state index is 7.11. The van der Waals surface area contributed by atoms with Crippen molar-refractivity contribution in [1.82, 2.24) is 19.1 Å². The van der Waals surface area contributed by atoms with Crippen LogP contribution in [0.3, 0.4) is 0 Å². The van der Waals surface area contributed by atoms with E-state index in [2.05, 4.69) is 178 Å². The Morgan fingerprint density at radius 1 is 0.383 bits per heavy atom. The molecule has 0 aliphatic heterocycles. The van der Waals surface area contributed by atoms with Crippen molar-refractivity contribution in [1.29, 1.82) is 0 Å². The van der Waals surface area contributed by atoms with E-state index >= 15 is 0 Å². The Balaban J connectivity index is 1.17. The van der Waals surface area contributed by atoms with E-state index in [9.17, 15) is 0 Å². The van der Waals surface area contributed by atoms with Crippen molar-refractivity contribution in [2.24, 2.45) is 0 Å². The zero-order chi connectivity index (χ0) is 39.3. The monoisotopic (exact) mass is 767 g/mol. The van der Waals surface area contributed by atoms with Crippen molar-refractivity contribution in [3.8, 4) is 11.6 Å². The third kappa shape index (κ3) is 4.70. The summed E-state index contributed by atoms with van der Waals surface area (Å²) in [6, 6.07) is 66.8. The van der Waals surface area contributed by atoms with Gasteiger partial charge in [0, 0.05) is 56.1 Å². The van der Waals surface area contributed by atoms with E-state index in [4.69, 9.17) is 14.4 Å². The first kappa shape index (κ1) is 32.8. The number of hydrogen-bond acceptors (Lipinski definition) is 4. The van der Waals surface area contributed by atoms with Crippen LogP contribution in [0.1, 0.15) is 0 Å². The molecule has 0 aliphatic rings. The minimum Gasteiger partial charge on any atom is -0.454 e. The largest absolute Gasteiger partial charge is 0.454 e. The van der Waals surface area contributed by atoms with Crippen molar-refractivity contribution in [2.45, 2.75) is 0 Å². The minimum absolute atomic E-state index is 0.829. The van der Waals surface area contributed by atoms with Crippen LogP contribution in [-0.4, -0.2) is 19.1 Å². The number of fused-ring (bicyclic) bond motifs is 13. The molecule has 0 N–H and O–H groups in total. The van der Waals surface area contributed by atoms with Gasteiger partial charge in [0.25, 0.3) is 0 Å². The topological polar surface area (TPSA) is 52.0 Å². The molecule has 5 heterocycles. The van der Waals surface area contributed by atoms with Crippen LogP contribution in [0.2, 0.25) is 0 Å². The number of para-hydroxylation sites is 2. The molecular formula is C54H33N5O. The van der Waals surface area contributed by atoms with Crippen LogP contribution in [0.5, 0.6) is 0 Å². The Morgan fingerprint density at radius 3 is 1.47 bits per heavy atom. The molecule has 0 atom stereocenters. The van der Waals surface area contributed by atoms with Crippen molar-refractivity contribution >= 4 is 104 Å². The molecule has 0 radical (unpaired) electrons. The lowest BCUT2D eigenvalue weighted by Gasteiger charge is -2.26. The summed E-state index contributed by atoms with van der Waals surface area (Å²) in [5.41, 5.74) is 8.95. The molecule has 0 bridgehead atoms. The fourth-order valence-corrected chi connectivity index (χ4v) is 9.62. The summed E-state index contributed by atoms with van der Waals surface area (Å²) in [5.74, 6) is 1.73. The zero-order valence-electron chi connectivity index (χ0n) is 32.2. The highest BCUT2D eigenvalue weighted by atomic mass is 16.3. The molecular weight excluding hydrogens is 735 g/mol. The van der Waals surface area contributed by atoms with E-state index in [1.807, 2.05) is 36.7 Å². The summed E-state index contributed by atoms with van der Waals surface area (Å²) in [4.78, 5) is 12.1. The standard InChI is InChI=1S/C54H33N5O/c1-3-15-38-34(13-1)23-28-49-52(38)53-39-16-4-2-14-35(39)31-48(54(53)60-49)57(36-24-26-42-40-17-5-7-19-44(40)58(46(42)32-36)50-21-9-11-29-55-50)37-25-27-43-41-18-6-8-20-45(41)59(47(43)33-37)51-22-10-12-30-56-51/h1-33H. The summed E-state index contributed by atoms with van der Waals surface area (Å²) in [5, 5.41) is 11.5. The van der Waals surface area contributed by atoms with Crippen molar-refractivity contribution in [2.75, 3.05) is 4.90 Å². The maximum Gasteiger partial charge on any atom is 0.160 e. The number of aromatic nitrogens is 4. The van der Waals surface area contributed by atoms with Gasteiger partial charge in [0.05, 0.1) is 27.8 Å². The second kappa shape index (κ2) is 12.6. The SMILES string of the molecule is c1ccc(-n2c3ccccc3c3ccc(N(c4ccc5c6ccccc6n(-c6ccccn6)c5c4)c4cc5ccccc5c5c4oc4ccc6ccccc6c45)cc32)nc1. The number of hydrogen-bond donors (Lipinski definition) is 0. The Kier molecular flexibility index (Phi) is 6.91. The minimum atomic E-state index is 0.829. The first-order valence-electron chi connectivity index (χ1n) is 20.2. The maximum atomic E-state index is 7.11. The van der Waals surface area contributed by atoms with Gasteiger partial charge in [-0.15, -0.1) is 0 Å². The van der Waals surface area contributed by atoms with E-state index in [1.54, 1.807) is 0 Å². The highest BCUT2D eigenvalue weighted by Gasteiger charge is 2.25. The molecule has 60 heavy (non-hydrogen) atoms. The van der Waals surface area contributed by atoms with Gasteiger partial charge in [-0.3, -0.25) is 9.13 Å². The molecule has 5 aromatic heterocycles. The number of rotatable bonds is 5. The van der Waals surface area contributed by atoms with Crippen LogP contribution in [0.4, 0.5) is 17.1 Å². The normalized spacial score (nSPS) is 12.0. The molecule has 13 aromatic rings. The predicted octanol–water partition coefficient (Wildman–Crippen LogP) is 14.3. The molecule has 0 unspecified atom stereocenters. The summed E-state index contributed by atoms with van der Waals surface area (Å²) >= 11 is 0. The average Bonchev–Trinajstić information content (AvgIpc) is 3.98. The van der Waals surface area contributed by atoms with Crippen LogP contribution in [0.15, 0.2) is 205 Å². The predicted molar refractivity (Wildman–Crippen MR) is 248 cm³/mol. The molecule has 0 amide bonds. The van der Waals surface area contributed by atoms with Gasteiger partial charge in [-0.2, -0.15) is 0 Å². The molecule has 0 spiro atoms. The number of benzene rings is 8. The van der Waals surface area contributed by atoms with Crippen molar-refractivity contribution in [3.63, 3.8) is 0 Å². The summed E-state index contributed by atoms with van der Waals surface area (Å²) in [6.45, 7) is 0. The smallest absolute Gasteiger partial charge is 0.160 e. The molecule has 8 aromatic carbocycles. The number of anilines is 3.